The van der Waals surface area contributed by atoms with Crippen molar-refractivity contribution < 1.29 is 13.0 Å². The molecule has 2 aromatic rings. The van der Waals surface area contributed by atoms with Crippen LogP contribution in [0.25, 0.3) is 10.8 Å². The molecule has 0 aliphatic heterocycles. The Kier molecular flexibility index (Phi) is 3.65. The molecule has 0 saturated carbocycles. The highest BCUT2D eigenvalue weighted by atomic mass is 32.2. The Morgan fingerprint density at radius 3 is 2.25 bits per heavy atom. The van der Waals surface area contributed by atoms with E-state index in [4.69, 9.17) is 0 Å². The monoisotopic (exact) mass is 292 g/mol. The molecule has 0 heterocycles. The number of fused-ring (bicyclic) bond motifs is 1. The summed E-state index contributed by atoms with van der Waals surface area (Å²) in [7, 11) is -4.23. The fraction of sp³-hybridized carbons (Fsp3) is 0.375. The van der Waals surface area contributed by atoms with Gasteiger partial charge in [-0.3, -0.25) is 4.55 Å². The van der Waals surface area contributed by atoms with E-state index in [1.54, 1.807) is 18.2 Å². The summed E-state index contributed by atoms with van der Waals surface area (Å²) in [6, 6.07) is 10.8. The molecule has 0 aliphatic carbocycles. The van der Waals surface area contributed by atoms with Crippen LogP contribution in [0.1, 0.15) is 39.2 Å². The third kappa shape index (κ3) is 2.86. The number of rotatable bonds is 2. The fourth-order valence-electron chi connectivity index (χ4n) is 2.26. The number of hydrogen-bond acceptors (Lipinski definition) is 2. The third-order valence-electron chi connectivity index (χ3n) is 3.92. The van der Waals surface area contributed by atoms with Gasteiger partial charge in [0.2, 0.25) is 0 Å². The third-order valence-corrected chi connectivity index (χ3v) is 4.82. The van der Waals surface area contributed by atoms with Gasteiger partial charge < -0.3 is 0 Å². The molecule has 2 aromatic carbocycles. The summed E-state index contributed by atoms with van der Waals surface area (Å²) in [6.45, 7) is 8.40. The highest BCUT2D eigenvalue weighted by molar-refractivity contribution is 7.86. The van der Waals surface area contributed by atoms with Gasteiger partial charge in [-0.1, -0.05) is 58.0 Å². The summed E-state index contributed by atoms with van der Waals surface area (Å²) in [5.41, 5.74) is 0.933. The molecule has 3 nitrogen and oxygen atoms in total. The van der Waals surface area contributed by atoms with E-state index in [0.717, 1.165) is 10.9 Å². The molecule has 0 amide bonds. The molecular formula is C16H20O3S. The van der Waals surface area contributed by atoms with Crippen LogP contribution in [0, 0.1) is 5.41 Å². The highest BCUT2D eigenvalue weighted by Crippen LogP contribution is 2.37. The van der Waals surface area contributed by atoms with Crippen molar-refractivity contribution in [3.8, 4) is 0 Å². The van der Waals surface area contributed by atoms with Gasteiger partial charge in [0.05, 0.1) is 0 Å². The first-order valence-corrected chi connectivity index (χ1v) is 8.05. The molecule has 0 spiro atoms. The van der Waals surface area contributed by atoms with Crippen molar-refractivity contribution in [2.24, 2.45) is 5.41 Å². The van der Waals surface area contributed by atoms with Crippen LogP contribution < -0.4 is 0 Å². The number of benzene rings is 2. The van der Waals surface area contributed by atoms with Crippen LogP contribution in [-0.2, 0) is 10.1 Å². The Hall–Kier alpha value is -1.39. The van der Waals surface area contributed by atoms with Gasteiger partial charge >= 0.3 is 0 Å². The molecule has 0 saturated heterocycles. The molecule has 1 unspecified atom stereocenters. The van der Waals surface area contributed by atoms with Crippen LogP contribution in [0.5, 0.6) is 0 Å². The molecular weight excluding hydrogens is 272 g/mol. The summed E-state index contributed by atoms with van der Waals surface area (Å²) in [4.78, 5) is -0.0123. The lowest BCUT2D eigenvalue weighted by Gasteiger charge is -2.28. The molecule has 0 bridgehead atoms. The maximum absolute atomic E-state index is 11.6. The van der Waals surface area contributed by atoms with Gasteiger partial charge in [0.15, 0.2) is 0 Å². The fourth-order valence-corrected chi connectivity index (χ4v) is 3.01. The van der Waals surface area contributed by atoms with Gasteiger partial charge in [0.1, 0.15) is 4.90 Å². The van der Waals surface area contributed by atoms with Crippen LogP contribution in [0.4, 0.5) is 0 Å². The van der Waals surface area contributed by atoms with Crippen molar-refractivity contribution in [1.29, 1.82) is 0 Å². The van der Waals surface area contributed by atoms with Crippen LogP contribution in [0.2, 0.25) is 0 Å². The zero-order valence-corrected chi connectivity index (χ0v) is 13.0. The Morgan fingerprint density at radius 2 is 1.70 bits per heavy atom. The first kappa shape index (κ1) is 15.0. The zero-order chi connectivity index (χ0) is 15.1. The summed E-state index contributed by atoms with van der Waals surface area (Å²) in [5, 5.41) is 1.38. The lowest BCUT2D eigenvalue weighted by Crippen LogP contribution is -2.16. The van der Waals surface area contributed by atoms with Gasteiger partial charge in [-0.25, -0.2) is 0 Å². The van der Waals surface area contributed by atoms with Crippen LogP contribution in [0.15, 0.2) is 41.3 Å². The summed E-state index contributed by atoms with van der Waals surface area (Å²) >= 11 is 0. The Labute approximate surface area is 120 Å². The predicted octanol–water partition coefficient (Wildman–Crippen LogP) is 4.24. The van der Waals surface area contributed by atoms with Crippen molar-refractivity contribution in [1.82, 2.24) is 0 Å². The van der Waals surface area contributed by atoms with E-state index in [1.165, 1.54) is 0 Å². The van der Waals surface area contributed by atoms with E-state index in [0.29, 0.717) is 5.39 Å². The normalized spacial score (nSPS) is 14.4. The van der Waals surface area contributed by atoms with E-state index in [2.05, 4.69) is 27.7 Å². The lowest BCUT2D eigenvalue weighted by molar-refractivity contribution is 0.339. The van der Waals surface area contributed by atoms with Crippen molar-refractivity contribution >= 4 is 20.9 Å². The second-order valence-corrected chi connectivity index (χ2v) is 7.69. The van der Waals surface area contributed by atoms with E-state index >= 15 is 0 Å². The van der Waals surface area contributed by atoms with Crippen LogP contribution in [0.3, 0.4) is 0 Å². The smallest absolute Gasteiger partial charge is 0.282 e. The van der Waals surface area contributed by atoms with Crippen LogP contribution in [-0.4, -0.2) is 13.0 Å². The molecule has 0 aliphatic rings. The molecule has 0 aromatic heterocycles. The Bertz CT molecular complexity index is 740. The van der Waals surface area contributed by atoms with E-state index in [1.807, 2.05) is 18.2 Å². The molecule has 1 atom stereocenters. The average molecular weight is 292 g/mol. The topological polar surface area (TPSA) is 54.4 Å². The minimum absolute atomic E-state index is 0.0123. The van der Waals surface area contributed by atoms with Crippen molar-refractivity contribution in [2.45, 2.75) is 38.5 Å². The van der Waals surface area contributed by atoms with Gasteiger partial charge in [-0.05, 0) is 28.3 Å². The van der Waals surface area contributed by atoms with Gasteiger partial charge in [-0.15, -0.1) is 0 Å². The van der Waals surface area contributed by atoms with Gasteiger partial charge in [0, 0.05) is 5.39 Å². The molecule has 0 radical (unpaired) electrons. The van der Waals surface area contributed by atoms with E-state index in [-0.39, 0.29) is 16.2 Å². The van der Waals surface area contributed by atoms with E-state index < -0.39 is 10.1 Å². The maximum atomic E-state index is 11.6. The number of hydrogen-bond donors (Lipinski definition) is 1. The molecule has 108 valence electrons. The van der Waals surface area contributed by atoms with Crippen molar-refractivity contribution in [2.75, 3.05) is 0 Å². The minimum atomic E-state index is -4.23. The highest BCUT2D eigenvalue weighted by Gasteiger charge is 2.24. The molecule has 1 N–H and O–H groups in total. The molecule has 0 fully saturated rings. The lowest BCUT2D eigenvalue weighted by atomic mass is 9.77. The Morgan fingerprint density at radius 1 is 1.10 bits per heavy atom. The first-order valence-electron chi connectivity index (χ1n) is 6.61. The second-order valence-electron chi connectivity index (χ2n) is 6.30. The van der Waals surface area contributed by atoms with E-state index in [9.17, 15) is 13.0 Å². The van der Waals surface area contributed by atoms with Gasteiger partial charge in [0.25, 0.3) is 10.1 Å². The predicted molar refractivity (Wildman–Crippen MR) is 81.6 cm³/mol. The maximum Gasteiger partial charge on any atom is 0.295 e. The van der Waals surface area contributed by atoms with Crippen molar-refractivity contribution in [3.05, 3.63) is 42.0 Å². The quantitative estimate of drug-likeness (QED) is 0.842. The molecule has 2 rings (SSSR count). The zero-order valence-electron chi connectivity index (χ0n) is 12.2. The average Bonchev–Trinajstić information content (AvgIpc) is 2.34. The summed E-state index contributed by atoms with van der Waals surface area (Å²) in [5.74, 6) is 0.174. The second kappa shape index (κ2) is 4.86. The summed E-state index contributed by atoms with van der Waals surface area (Å²) < 4.78 is 32.7. The Balaban J connectivity index is 2.78. The minimum Gasteiger partial charge on any atom is -0.282 e. The van der Waals surface area contributed by atoms with Crippen LogP contribution >= 0.6 is 0 Å². The standard InChI is InChI=1S/C16H20O3S/c1-11(16(2,3)4)13-9-12-7-5-6-8-14(12)15(10-13)20(17,18)19/h5-11H,1-4H3,(H,17,18,19). The first-order chi connectivity index (χ1) is 9.10. The SMILES string of the molecule is CC(c1cc(S(=O)(=O)O)c2ccccc2c1)C(C)(C)C. The summed E-state index contributed by atoms with van der Waals surface area (Å²) in [6.07, 6.45) is 0. The molecule has 4 heteroatoms. The van der Waals surface area contributed by atoms with Gasteiger partial charge in [-0.2, -0.15) is 8.42 Å². The molecule has 20 heavy (non-hydrogen) atoms. The van der Waals surface area contributed by atoms with Crippen molar-refractivity contribution in [3.63, 3.8) is 0 Å². The largest absolute Gasteiger partial charge is 0.295 e.